The number of amides is 1. The highest BCUT2D eigenvalue weighted by Crippen LogP contribution is 2.33. The van der Waals surface area contributed by atoms with Gasteiger partial charge in [-0.15, -0.1) is 0 Å². The van der Waals surface area contributed by atoms with E-state index in [1.54, 1.807) is 18.2 Å². The van der Waals surface area contributed by atoms with Crippen LogP contribution in [0.15, 0.2) is 18.2 Å². The molecule has 1 aliphatic rings. The molecule has 0 aromatic heterocycles. The molecule has 0 atom stereocenters. The highest BCUT2D eigenvalue weighted by atomic mass is 79.9. The number of carbonyl (C=O) groups is 1. The number of fused-ring (bicyclic) bond motifs is 1. The Hall–Kier alpha value is -1.27. The number of rotatable bonds is 6. The summed E-state index contributed by atoms with van der Waals surface area (Å²) in [4.78, 5) is 12.0. The maximum Gasteiger partial charge on any atom is 0.255 e. The predicted octanol–water partition coefficient (Wildman–Crippen LogP) is 1.60. The lowest BCUT2D eigenvalue weighted by atomic mass is 10.1. The van der Waals surface area contributed by atoms with Crippen molar-refractivity contribution >= 4 is 21.8 Å². The van der Waals surface area contributed by atoms with Gasteiger partial charge in [-0.25, -0.2) is 0 Å². The molecule has 0 fully saturated rings. The molecule has 1 aliphatic heterocycles. The van der Waals surface area contributed by atoms with Gasteiger partial charge in [0.2, 0.25) is 0 Å². The van der Waals surface area contributed by atoms with E-state index in [4.69, 9.17) is 14.2 Å². The minimum absolute atomic E-state index is 0.176. The first-order valence-electron chi connectivity index (χ1n) is 6.13. The van der Waals surface area contributed by atoms with Crippen molar-refractivity contribution in [1.29, 1.82) is 0 Å². The molecule has 1 amide bonds. The van der Waals surface area contributed by atoms with Gasteiger partial charge in [0.25, 0.3) is 5.91 Å². The summed E-state index contributed by atoms with van der Waals surface area (Å²) in [5, 5.41) is 3.58. The number of halogens is 1. The van der Waals surface area contributed by atoms with Crippen LogP contribution in [0.25, 0.3) is 0 Å². The number of ether oxygens (including phenoxy) is 3. The van der Waals surface area contributed by atoms with E-state index in [1.807, 2.05) is 0 Å². The predicted molar refractivity (Wildman–Crippen MR) is 74.4 cm³/mol. The zero-order valence-electron chi connectivity index (χ0n) is 10.5. The molecule has 0 radical (unpaired) electrons. The summed E-state index contributed by atoms with van der Waals surface area (Å²) in [5.74, 6) is 0.965. The molecule has 0 spiro atoms. The van der Waals surface area contributed by atoms with Crippen LogP contribution in [0.4, 0.5) is 0 Å². The highest BCUT2D eigenvalue weighted by Gasteiger charge is 2.19. The lowest BCUT2D eigenvalue weighted by molar-refractivity contribution is 0.0913. The quantitative estimate of drug-likeness (QED) is 0.636. The molecule has 0 bridgehead atoms. The minimum Gasteiger partial charge on any atom is -0.486 e. The van der Waals surface area contributed by atoms with Gasteiger partial charge < -0.3 is 19.5 Å². The fraction of sp³-hybridized carbons (Fsp3) is 0.462. The average molecular weight is 330 g/mol. The zero-order valence-corrected chi connectivity index (χ0v) is 12.1. The third-order valence-corrected chi connectivity index (χ3v) is 2.89. The zero-order chi connectivity index (χ0) is 13.5. The average Bonchev–Trinajstić information content (AvgIpc) is 2.46. The van der Waals surface area contributed by atoms with Gasteiger partial charge in [0.15, 0.2) is 11.5 Å². The Bertz CT molecular complexity index is 439. The molecular formula is C13H16BrNO4. The van der Waals surface area contributed by atoms with Crippen molar-refractivity contribution in [3.05, 3.63) is 23.8 Å². The second-order valence-corrected chi connectivity index (χ2v) is 4.68. The second kappa shape index (κ2) is 7.35. The Balaban J connectivity index is 1.92. The number of hydrogen-bond acceptors (Lipinski definition) is 4. The molecule has 6 heteroatoms. The Morgan fingerprint density at radius 2 is 2.16 bits per heavy atom. The minimum atomic E-state index is -0.176. The van der Waals surface area contributed by atoms with Crippen molar-refractivity contribution in [2.75, 3.05) is 38.3 Å². The van der Waals surface area contributed by atoms with Gasteiger partial charge in [-0.1, -0.05) is 22.0 Å². The van der Waals surface area contributed by atoms with Crippen molar-refractivity contribution in [2.24, 2.45) is 0 Å². The van der Waals surface area contributed by atoms with E-state index in [1.165, 1.54) is 0 Å². The molecule has 1 aromatic carbocycles. The number of benzene rings is 1. The lowest BCUT2D eigenvalue weighted by Crippen LogP contribution is -2.28. The van der Waals surface area contributed by atoms with Crippen LogP contribution in [0, 0.1) is 0 Å². The van der Waals surface area contributed by atoms with Crippen LogP contribution in [-0.2, 0) is 4.74 Å². The molecule has 5 nitrogen and oxygen atoms in total. The molecule has 0 aliphatic carbocycles. The number of alkyl halides is 1. The maximum atomic E-state index is 12.0. The smallest absolute Gasteiger partial charge is 0.255 e. The van der Waals surface area contributed by atoms with Crippen LogP contribution in [0.1, 0.15) is 10.4 Å². The Labute approximate surface area is 120 Å². The molecule has 0 saturated carbocycles. The van der Waals surface area contributed by atoms with Crippen molar-refractivity contribution in [1.82, 2.24) is 5.32 Å². The van der Waals surface area contributed by atoms with Crippen molar-refractivity contribution in [3.8, 4) is 11.5 Å². The van der Waals surface area contributed by atoms with E-state index < -0.39 is 0 Å². The van der Waals surface area contributed by atoms with E-state index >= 15 is 0 Å². The molecule has 1 heterocycles. The van der Waals surface area contributed by atoms with Gasteiger partial charge >= 0.3 is 0 Å². The Kier molecular flexibility index (Phi) is 5.47. The summed E-state index contributed by atoms with van der Waals surface area (Å²) in [5.41, 5.74) is 0.498. The monoisotopic (exact) mass is 329 g/mol. The molecule has 0 unspecified atom stereocenters. The fourth-order valence-electron chi connectivity index (χ4n) is 1.74. The molecule has 1 aromatic rings. The lowest BCUT2D eigenvalue weighted by Gasteiger charge is -2.20. The number of para-hydroxylation sites is 1. The second-order valence-electron chi connectivity index (χ2n) is 3.89. The van der Waals surface area contributed by atoms with Gasteiger partial charge in [0, 0.05) is 11.9 Å². The van der Waals surface area contributed by atoms with Gasteiger partial charge in [-0.3, -0.25) is 4.79 Å². The van der Waals surface area contributed by atoms with Crippen molar-refractivity contribution < 1.29 is 19.0 Å². The topological polar surface area (TPSA) is 56.8 Å². The van der Waals surface area contributed by atoms with E-state index in [0.29, 0.717) is 50.0 Å². The third-order valence-electron chi connectivity index (χ3n) is 2.56. The van der Waals surface area contributed by atoms with E-state index in [0.717, 1.165) is 5.33 Å². The molecule has 104 valence electrons. The van der Waals surface area contributed by atoms with Crippen molar-refractivity contribution in [3.63, 3.8) is 0 Å². The van der Waals surface area contributed by atoms with Crippen LogP contribution < -0.4 is 14.8 Å². The largest absolute Gasteiger partial charge is 0.486 e. The maximum absolute atomic E-state index is 12.0. The van der Waals surface area contributed by atoms with Crippen LogP contribution in [0.5, 0.6) is 11.5 Å². The van der Waals surface area contributed by atoms with Gasteiger partial charge in [0.1, 0.15) is 13.2 Å². The summed E-state index contributed by atoms with van der Waals surface area (Å²) in [6, 6.07) is 5.30. The van der Waals surface area contributed by atoms with Crippen LogP contribution >= 0.6 is 15.9 Å². The first-order chi connectivity index (χ1) is 9.33. The first-order valence-corrected chi connectivity index (χ1v) is 7.25. The van der Waals surface area contributed by atoms with E-state index in [-0.39, 0.29) is 5.91 Å². The Morgan fingerprint density at radius 1 is 1.32 bits per heavy atom. The number of hydrogen-bond donors (Lipinski definition) is 1. The molecule has 1 N–H and O–H groups in total. The third kappa shape index (κ3) is 3.84. The van der Waals surface area contributed by atoms with Crippen molar-refractivity contribution in [2.45, 2.75) is 0 Å². The van der Waals surface area contributed by atoms with E-state index in [2.05, 4.69) is 21.2 Å². The van der Waals surface area contributed by atoms with Gasteiger partial charge in [0.05, 0.1) is 18.8 Å². The van der Waals surface area contributed by atoms with Gasteiger partial charge in [-0.05, 0) is 12.1 Å². The molecule has 0 saturated heterocycles. The summed E-state index contributed by atoms with van der Waals surface area (Å²) in [7, 11) is 0. The summed E-state index contributed by atoms with van der Waals surface area (Å²) >= 11 is 3.27. The SMILES string of the molecule is O=C(NCCOCCBr)c1cccc2c1OCCO2. The standard InChI is InChI=1S/C13H16BrNO4/c14-4-6-17-7-5-15-13(16)10-2-1-3-11-12(10)19-9-8-18-11/h1-3H,4-9H2,(H,15,16). The van der Waals surface area contributed by atoms with E-state index in [9.17, 15) is 4.79 Å². The fourth-order valence-corrected chi connectivity index (χ4v) is 1.97. The van der Waals surface area contributed by atoms with Crippen LogP contribution in [0.3, 0.4) is 0 Å². The number of carbonyl (C=O) groups excluding carboxylic acids is 1. The molecule has 2 rings (SSSR count). The normalized spacial score (nSPS) is 13.1. The van der Waals surface area contributed by atoms with Crippen LogP contribution in [-0.4, -0.2) is 44.2 Å². The first kappa shape index (κ1) is 14.1. The van der Waals surface area contributed by atoms with Gasteiger partial charge in [-0.2, -0.15) is 0 Å². The summed E-state index contributed by atoms with van der Waals surface area (Å²) in [6.07, 6.45) is 0. The van der Waals surface area contributed by atoms with Crippen LogP contribution in [0.2, 0.25) is 0 Å². The number of nitrogens with one attached hydrogen (secondary N) is 1. The highest BCUT2D eigenvalue weighted by molar-refractivity contribution is 9.09. The Morgan fingerprint density at radius 3 is 3.00 bits per heavy atom. The summed E-state index contributed by atoms with van der Waals surface area (Å²) < 4.78 is 16.2. The molecular weight excluding hydrogens is 314 g/mol. The summed E-state index contributed by atoms with van der Waals surface area (Å²) in [6.45, 7) is 2.57. The molecule has 19 heavy (non-hydrogen) atoms.